The van der Waals surface area contributed by atoms with Gasteiger partial charge in [0.15, 0.2) is 0 Å². The van der Waals surface area contributed by atoms with Gasteiger partial charge in [0.1, 0.15) is 12.4 Å². The molecule has 0 aliphatic heterocycles. The first-order chi connectivity index (χ1) is 9.58. The van der Waals surface area contributed by atoms with Crippen LogP contribution in [0.3, 0.4) is 0 Å². The predicted molar refractivity (Wildman–Crippen MR) is 74.3 cm³/mol. The molecule has 0 saturated heterocycles. The molecule has 1 N–H and O–H groups in total. The average molecular weight is 273 g/mol. The SMILES string of the molecule is Cc1ccc(C(=O)O)cc1OCCn1ccccc1=O. The number of aryl methyl sites for hydroxylation is 1. The van der Waals surface area contributed by atoms with Crippen LogP contribution in [0.1, 0.15) is 15.9 Å². The lowest BCUT2D eigenvalue weighted by Crippen LogP contribution is -2.21. The van der Waals surface area contributed by atoms with Crippen LogP contribution in [-0.4, -0.2) is 22.2 Å². The summed E-state index contributed by atoms with van der Waals surface area (Å²) in [4.78, 5) is 22.4. The van der Waals surface area contributed by atoms with Crippen molar-refractivity contribution in [1.29, 1.82) is 0 Å². The number of carboxylic acids is 1. The number of nitrogens with zero attached hydrogens (tertiary/aromatic N) is 1. The number of carbonyl (C=O) groups is 1. The van der Waals surface area contributed by atoms with E-state index in [1.54, 1.807) is 24.4 Å². The molecule has 20 heavy (non-hydrogen) atoms. The van der Waals surface area contributed by atoms with Crippen molar-refractivity contribution >= 4 is 5.97 Å². The lowest BCUT2D eigenvalue weighted by atomic mass is 10.1. The molecule has 2 aromatic rings. The van der Waals surface area contributed by atoms with E-state index in [-0.39, 0.29) is 11.1 Å². The second-order valence-electron chi connectivity index (χ2n) is 4.37. The van der Waals surface area contributed by atoms with Crippen molar-refractivity contribution < 1.29 is 14.6 Å². The fourth-order valence-corrected chi connectivity index (χ4v) is 1.79. The van der Waals surface area contributed by atoms with E-state index in [2.05, 4.69) is 0 Å². The number of carboxylic acid groups (broad SMARTS) is 1. The van der Waals surface area contributed by atoms with Crippen molar-refractivity contribution in [2.24, 2.45) is 0 Å². The third-order valence-electron chi connectivity index (χ3n) is 2.92. The fraction of sp³-hybridized carbons (Fsp3) is 0.200. The number of hydrogen-bond acceptors (Lipinski definition) is 3. The summed E-state index contributed by atoms with van der Waals surface area (Å²) in [6.07, 6.45) is 1.69. The topological polar surface area (TPSA) is 68.5 Å². The van der Waals surface area contributed by atoms with Gasteiger partial charge in [-0.1, -0.05) is 12.1 Å². The van der Waals surface area contributed by atoms with Crippen LogP contribution < -0.4 is 10.3 Å². The molecule has 1 aromatic carbocycles. The summed E-state index contributed by atoms with van der Waals surface area (Å²) in [5, 5.41) is 8.94. The Hall–Kier alpha value is -2.56. The molecule has 0 radical (unpaired) electrons. The number of benzene rings is 1. The Morgan fingerprint density at radius 2 is 2.10 bits per heavy atom. The predicted octanol–water partition coefficient (Wildman–Crippen LogP) is 1.93. The highest BCUT2D eigenvalue weighted by molar-refractivity contribution is 5.88. The van der Waals surface area contributed by atoms with Gasteiger partial charge >= 0.3 is 5.97 Å². The van der Waals surface area contributed by atoms with Crippen LogP contribution in [0.5, 0.6) is 5.75 Å². The summed E-state index contributed by atoms with van der Waals surface area (Å²) in [5.74, 6) is -0.469. The van der Waals surface area contributed by atoms with E-state index in [9.17, 15) is 9.59 Å². The summed E-state index contributed by atoms with van der Waals surface area (Å²) < 4.78 is 7.10. The molecule has 0 fully saturated rings. The summed E-state index contributed by atoms with van der Waals surface area (Å²) in [6.45, 7) is 2.56. The normalized spacial score (nSPS) is 10.2. The van der Waals surface area contributed by atoms with Crippen LogP contribution in [0.25, 0.3) is 0 Å². The van der Waals surface area contributed by atoms with Gasteiger partial charge in [0.05, 0.1) is 12.1 Å². The minimum atomic E-state index is -0.992. The molecule has 0 atom stereocenters. The number of pyridine rings is 1. The zero-order chi connectivity index (χ0) is 14.5. The highest BCUT2D eigenvalue weighted by Crippen LogP contribution is 2.19. The third-order valence-corrected chi connectivity index (χ3v) is 2.92. The van der Waals surface area contributed by atoms with E-state index in [0.29, 0.717) is 18.9 Å². The van der Waals surface area contributed by atoms with Crippen molar-refractivity contribution in [3.05, 3.63) is 64.1 Å². The van der Waals surface area contributed by atoms with Crippen LogP contribution in [0.15, 0.2) is 47.4 Å². The first-order valence-corrected chi connectivity index (χ1v) is 6.20. The van der Waals surface area contributed by atoms with E-state index in [4.69, 9.17) is 9.84 Å². The second kappa shape index (κ2) is 6.06. The zero-order valence-electron chi connectivity index (χ0n) is 11.1. The van der Waals surface area contributed by atoms with Crippen LogP contribution in [0, 0.1) is 6.92 Å². The summed E-state index contributed by atoms with van der Waals surface area (Å²) >= 11 is 0. The maximum absolute atomic E-state index is 11.5. The molecule has 0 bridgehead atoms. The van der Waals surface area contributed by atoms with Gasteiger partial charge in [0.25, 0.3) is 5.56 Å². The van der Waals surface area contributed by atoms with E-state index < -0.39 is 5.97 Å². The van der Waals surface area contributed by atoms with Crippen LogP contribution in [0.2, 0.25) is 0 Å². The minimum absolute atomic E-state index is 0.0906. The lowest BCUT2D eigenvalue weighted by molar-refractivity contribution is 0.0696. The molecule has 104 valence electrons. The van der Waals surface area contributed by atoms with E-state index >= 15 is 0 Å². The Bertz CT molecular complexity index is 676. The molecule has 0 saturated carbocycles. The summed E-state index contributed by atoms with van der Waals surface area (Å²) in [7, 11) is 0. The van der Waals surface area contributed by atoms with Gasteiger partial charge in [0.2, 0.25) is 0 Å². The van der Waals surface area contributed by atoms with Gasteiger partial charge in [-0.2, -0.15) is 0 Å². The highest BCUT2D eigenvalue weighted by Gasteiger charge is 2.07. The molecular formula is C15H15NO4. The maximum atomic E-state index is 11.5. The van der Waals surface area contributed by atoms with Crippen molar-refractivity contribution in [1.82, 2.24) is 4.57 Å². The largest absolute Gasteiger partial charge is 0.491 e. The molecule has 0 amide bonds. The quantitative estimate of drug-likeness (QED) is 0.903. The molecule has 1 aromatic heterocycles. The number of hydrogen-bond donors (Lipinski definition) is 1. The summed E-state index contributed by atoms with van der Waals surface area (Å²) in [5.41, 5.74) is 0.949. The number of ether oxygens (including phenoxy) is 1. The number of aromatic nitrogens is 1. The highest BCUT2D eigenvalue weighted by atomic mass is 16.5. The monoisotopic (exact) mass is 273 g/mol. The lowest BCUT2D eigenvalue weighted by Gasteiger charge is -2.11. The third kappa shape index (κ3) is 3.26. The minimum Gasteiger partial charge on any atom is -0.491 e. The molecule has 0 aliphatic carbocycles. The van der Waals surface area contributed by atoms with Gasteiger partial charge in [-0.15, -0.1) is 0 Å². The maximum Gasteiger partial charge on any atom is 0.335 e. The first kappa shape index (κ1) is 13.9. The van der Waals surface area contributed by atoms with Crippen LogP contribution >= 0.6 is 0 Å². The smallest absolute Gasteiger partial charge is 0.335 e. The molecule has 0 unspecified atom stereocenters. The molecule has 5 nitrogen and oxygen atoms in total. The van der Waals surface area contributed by atoms with E-state index in [0.717, 1.165) is 5.56 Å². The Morgan fingerprint density at radius 1 is 1.30 bits per heavy atom. The molecular weight excluding hydrogens is 258 g/mol. The van der Waals surface area contributed by atoms with Crippen molar-refractivity contribution in [2.45, 2.75) is 13.5 Å². The van der Waals surface area contributed by atoms with Gasteiger partial charge in [-0.3, -0.25) is 4.79 Å². The fourth-order valence-electron chi connectivity index (χ4n) is 1.79. The Kier molecular flexibility index (Phi) is 4.20. The van der Waals surface area contributed by atoms with Crippen molar-refractivity contribution in [2.75, 3.05) is 6.61 Å². The molecule has 0 spiro atoms. The Morgan fingerprint density at radius 3 is 2.80 bits per heavy atom. The van der Waals surface area contributed by atoms with Crippen LogP contribution in [-0.2, 0) is 6.54 Å². The first-order valence-electron chi connectivity index (χ1n) is 6.20. The van der Waals surface area contributed by atoms with Gasteiger partial charge in [0, 0.05) is 12.3 Å². The van der Waals surface area contributed by atoms with Crippen molar-refractivity contribution in [3.63, 3.8) is 0 Å². The molecule has 1 heterocycles. The van der Waals surface area contributed by atoms with Crippen molar-refractivity contribution in [3.8, 4) is 5.75 Å². The Labute approximate surface area is 116 Å². The van der Waals surface area contributed by atoms with Gasteiger partial charge in [-0.25, -0.2) is 4.79 Å². The van der Waals surface area contributed by atoms with E-state index in [1.807, 2.05) is 6.92 Å². The standard InChI is InChI=1S/C15H15NO4/c1-11-5-6-12(15(18)19)10-13(11)20-9-8-16-7-3-2-4-14(16)17/h2-7,10H,8-9H2,1H3,(H,18,19). The van der Waals surface area contributed by atoms with E-state index in [1.165, 1.54) is 22.8 Å². The van der Waals surface area contributed by atoms with Crippen LogP contribution in [0.4, 0.5) is 0 Å². The Balaban J connectivity index is 2.04. The average Bonchev–Trinajstić information content (AvgIpc) is 2.42. The molecule has 5 heteroatoms. The number of rotatable bonds is 5. The summed E-state index contributed by atoms with van der Waals surface area (Å²) in [6, 6.07) is 9.67. The zero-order valence-corrected chi connectivity index (χ0v) is 11.1. The van der Waals surface area contributed by atoms with Gasteiger partial charge in [-0.05, 0) is 30.7 Å². The molecule has 0 aliphatic rings. The number of aromatic carboxylic acids is 1. The second-order valence-corrected chi connectivity index (χ2v) is 4.37. The van der Waals surface area contributed by atoms with Gasteiger partial charge < -0.3 is 14.4 Å². The molecule has 2 rings (SSSR count).